The fraction of sp³-hybridized carbons (Fsp3) is 0.761. The zero-order valence-corrected chi connectivity index (χ0v) is 59.5. The van der Waals surface area contributed by atoms with Crippen molar-refractivity contribution in [3.05, 3.63) is 30.1 Å². The third-order valence-electron chi connectivity index (χ3n) is 17.6. The first-order chi connectivity index (χ1) is 42.2. The molecule has 13 atom stereocenters. The molecule has 2 rings (SSSR count). The molecule has 1 aliphatic rings. The Labute approximate surface area is 543 Å². The quantitative estimate of drug-likeness (QED) is 0.147. The van der Waals surface area contributed by atoms with E-state index in [0.29, 0.717) is 19.3 Å². The number of pyridine rings is 1. The van der Waals surface area contributed by atoms with Gasteiger partial charge >= 0.3 is 0 Å². The molecule has 2 heterocycles. The van der Waals surface area contributed by atoms with Gasteiger partial charge in [0.15, 0.2) is 0 Å². The third-order valence-corrected chi connectivity index (χ3v) is 17.6. The minimum atomic E-state index is -1.64. The van der Waals surface area contributed by atoms with Crippen LogP contribution in [0, 0.1) is 41.4 Å². The molecule has 516 valence electrons. The largest absolute Gasteiger partial charge is 0.390 e. The van der Waals surface area contributed by atoms with E-state index in [0.717, 1.165) is 15.5 Å². The molecule has 1 aliphatic heterocycles. The van der Waals surface area contributed by atoms with E-state index in [1.165, 1.54) is 94.6 Å². The van der Waals surface area contributed by atoms with E-state index >= 15 is 19.2 Å². The van der Waals surface area contributed by atoms with Crippen LogP contribution in [0.25, 0.3) is 0 Å². The lowest BCUT2D eigenvalue weighted by molar-refractivity contribution is -0.157. The molecule has 11 amide bonds. The first-order valence-corrected chi connectivity index (χ1v) is 32.8. The predicted molar refractivity (Wildman–Crippen MR) is 351 cm³/mol. The molecular weight excluding hydrogens is 1160 g/mol. The lowest BCUT2D eigenvalue weighted by Crippen LogP contribution is -2.64. The van der Waals surface area contributed by atoms with Gasteiger partial charge in [0.1, 0.15) is 66.5 Å². The molecule has 0 aliphatic carbocycles. The summed E-state index contributed by atoms with van der Waals surface area (Å²) in [6.07, 6.45) is 2.26. The maximum Gasteiger partial charge on any atom is 0.246 e. The number of hydrogen-bond donors (Lipinski definition) is 5. The van der Waals surface area contributed by atoms with Crippen LogP contribution >= 0.6 is 0 Å². The number of nitrogens with one attached hydrogen (secondary N) is 4. The Balaban J connectivity index is 3.00. The van der Waals surface area contributed by atoms with Gasteiger partial charge in [-0.2, -0.15) is 0 Å². The van der Waals surface area contributed by atoms with Gasteiger partial charge in [-0.05, 0) is 126 Å². The summed E-state index contributed by atoms with van der Waals surface area (Å²) < 4.78 is 0. The third kappa shape index (κ3) is 22.2. The zero-order chi connectivity index (χ0) is 70.0. The van der Waals surface area contributed by atoms with Gasteiger partial charge in [-0.25, -0.2) is 0 Å². The molecular formula is C67H116N12O12. The number of amides is 11. The fourth-order valence-corrected chi connectivity index (χ4v) is 11.7. The van der Waals surface area contributed by atoms with Crippen molar-refractivity contribution < 1.29 is 57.8 Å². The topological polar surface area (TPSA) is 292 Å². The van der Waals surface area contributed by atoms with Crippen molar-refractivity contribution >= 4 is 65.0 Å². The summed E-state index contributed by atoms with van der Waals surface area (Å²) >= 11 is 0. The Morgan fingerprint density at radius 1 is 0.451 bits per heavy atom. The molecule has 91 heavy (non-hydrogen) atoms. The summed E-state index contributed by atoms with van der Waals surface area (Å²) in [5, 5.41) is 23.5. The lowest BCUT2D eigenvalue weighted by Gasteiger charge is -2.41. The van der Waals surface area contributed by atoms with Crippen LogP contribution in [0.1, 0.15) is 168 Å². The molecule has 1 aromatic heterocycles. The summed E-state index contributed by atoms with van der Waals surface area (Å²) in [7, 11) is 9.98. The number of rotatable bonds is 17. The standard InChI is InChI=1S/C67H116N12O12/c1-25-48-63(87)73(18)46(17)62(86)74(19)50(34-38(4)5)59(83)72-53(41(10)11)66(90)75(20)49(33-37(2)3)58(82)69-44(15)57(81)70-45(16)61(85)76(21)51(35-39(6)7)64(88)77(22)52(36-40(8)9)65(89)78(23)54(42(12)13)67(91)79(24)55(60(84)71-48)56(80)43(14)29-28-31-47-30-26-27-32-68-47/h26-27,30,32,37-46,48-56,80H,25,28-29,31,33-36H2,1-24H3,(H,69,82)(H,70,81)(H,71,84)(H,72,83)/t43-,44-,45+,46-,48-,49-,50+,51-,52-,53-,54-,55-,56-/m1/s1. The number of likely N-dealkylation sites (N-methyl/N-ethyl adjacent to an activating group) is 7. The number of aryl methyl sites for hydroxylation is 1. The second-order valence-corrected chi connectivity index (χ2v) is 27.9. The van der Waals surface area contributed by atoms with Crippen LogP contribution in [-0.2, 0) is 59.2 Å². The summed E-state index contributed by atoms with van der Waals surface area (Å²) in [6.45, 7) is 29.7. The SMILES string of the molecule is CC[C@H]1NC(=O)[C@@H]([C@H](O)[C@H](C)CCCc2ccccn2)N(C)C(=O)[C@@H](C(C)C)N(C)C(=O)[C@@H](CC(C)C)N(C)C(=O)[C@@H](CC(C)C)N(C)C(=O)[C@H](C)NC(=O)[C@@H](C)NC(=O)[C@@H](CC(C)C)N(C)C(=O)[C@@H](C(C)C)NC(=O)[C@H](CC(C)C)N(C)C(=O)[C@@H](C)N(C)C1=O. The Morgan fingerprint density at radius 2 is 0.890 bits per heavy atom. The molecule has 1 saturated heterocycles. The van der Waals surface area contributed by atoms with E-state index in [4.69, 9.17) is 0 Å². The van der Waals surface area contributed by atoms with Gasteiger partial charge in [0.2, 0.25) is 65.0 Å². The molecule has 0 saturated carbocycles. The Bertz CT molecular complexity index is 2620. The van der Waals surface area contributed by atoms with Crippen LogP contribution in [0.2, 0.25) is 0 Å². The highest BCUT2D eigenvalue weighted by atomic mass is 16.3. The van der Waals surface area contributed by atoms with Gasteiger partial charge in [0.05, 0.1) is 6.10 Å². The number of hydrogen-bond acceptors (Lipinski definition) is 13. The van der Waals surface area contributed by atoms with E-state index in [-0.39, 0.29) is 55.8 Å². The number of aliphatic hydroxyl groups excluding tert-OH is 1. The monoisotopic (exact) mass is 1280 g/mol. The summed E-state index contributed by atoms with van der Waals surface area (Å²) in [5.74, 6) is -9.82. The summed E-state index contributed by atoms with van der Waals surface area (Å²) in [6, 6.07) is -8.15. The minimum Gasteiger partial charge on any atom is -0.390 e. The highest BCUT2D eigenvalue weighted by Crippen LogP contribution is 2.26. The molecule has 5 N–H and O–H groups in total. The average molecular weight is 1280 g/mol. The smallest absolute Gasteiger partial charge is 0.246 e. The number of carbonyl (C=O) groups is 11. The highest BCUT2D eigenvalue weighted by Gasteiger charge is 2.46. The molecule has 0 radical (unpaired) electrons. The molecule has 24 heteroatoms. The van der Waals surface area contributed by atoms with Gasteiger partial charge in [-0.15, -0.1) is 0 Å². The van der Waals surface area contributed by atoms with Crippen molar-refractivity contribution in [2.24, 2.45) is 41.4 Å². The Kier molecular flexibility index (Phi) is 32.2. The first kappa shape index (κ1) is 80.4. The first-order valence-electron chi connectivity index (χ1n) is 32.8. The second-order valence-electron chi connectivity index (χ2n) is 27.9. The van der Waals surface area contributed by atoms with Crippen LogP contribution in [0.3, 0.4) is 0 Å². The summed E-state index contributed by atoms with van der Waals surface area (Å²) in [4.78, 5) is 175. The van der Waals surface area contributed by atoms with Crippen molar-refractivity contribution in [3.63, 3.8) is 0 Å². The van der Waals surface area contributed by atoms with E-state index in [9.17, 15) is 38.7 Å². The van der Waals surface area contributed by atoms with Crippen LogP contribution in [0.5, 0.6) is 0 Å². The van der Waals surface area contributed by atoms with Gasteiger partial charge in [-0.1, -0.05) is 103 Å². The van der Waals surface area contributed by atoms with Crippen molar-refractivity contribution in [3.8, 4) is 0 Å². The van der Waals surface area contributed by atoms with E-state index in [1.807, 2.05) is 67.5 Å². The lowest BCUT2D eigenvalue weighted by atomic mass is 9.90. The highest BCUT2D eigenvalue weighted by molar-refractivity contribution is 6.00. The zero-order valence-electron chi connectivity index (χ0n) is 59.5. The van der Waals surface area contributed by atoms with Crippen molar-refractivity contribution in [1.82, 2.24) is 60.6 Å². The van der Waals surface area contributed by atoms with Crippen LogP contribution in [-0.4, -0.2) is 231 Å². The molecule has 1 fully saturated rings. The van der Waals surface area contributed by atoms with E-state index in [2.05, 4.69) is 26.3 Å². The van der Waals surface area contributed by atoms with Crippen molar-refractivity contribution in [2.45, 2.75) is 242 Å². The molecule has 0 aromatic carbocycles. The van der Waals surface area contributed by atoms with Gasteiger partial charge in [0.25, 0.3) is 0 Å². The number of nitrogens with zero attached hydrogens (tertiary/aromatic N) is 8. The van der Waals surface area contributed by atoms with Crippen molar-refractivity contribution in [2.75, 3.05) is 49.3 Å². The number of aromatic nitrogens is 1. The molecule has 24 nitrogen and oxygen atoms in total. The normalized spacial score (nSPS) is 26.6. The fourth-order valence-electron chi connectivity index (χ4n) is 11.7. The second kappa shape index (κ2) is 36.5. The number of carbonyl (C=O) groups excluding carboxylic acids is 11. The maximum atomic E-state index is 15.4. The Morgan fingerprint density at radius 3 is 1.35 bits per heavy atom. The van der Waals surface area contributed by atoms with Crippen LogP contribution < -0.4 is 21.3 Å². The van der Waals surface area contributed by atoms with Gasteiger partial charge in [-0.3, -0.25) is 57.7 Å². The Hall–Kier alpha value is -6.72. The molecule has 1 aromatic rings. The minimum absolute atomic E-state index is 0.00722. The van der Waals surface area contributed by atoms with Crippen molar-refractivity contribution in [1.29, 1.82) is 0 Å². The van der Waals surface area contributed by atoms with E-state index < -0.39 is 155 Å². The molecule has 0 unspecified atom stereocenters. The van der Waals surface area contributed by atoms with Crippen LogP contribution in [0.15, 0.2) is 24.4 Å². The summed E-state index contributed by atoms with van der Waals surface area (Å²) in [5.41, 5.74) is 0.826. The average Bonchev–Trinajstić information content (AvgIpc) is 0.883. The number of aliphatic hydroxyl groups is 1. The predicted octanol–water partition coefficient (Wildman–Crippen LogP) is 4.11. The van der Waals surface area contributed by atoms with E-state index in [1.54, 1.807) is 53.8 Å². The molecule has 0 bridgehead atoms. The maximum absolute atomic E-state index is 15.4. The van der Waals surface area contributed by atoms with Crippen LogP contribution in [0.4, 0.5) is 0 Å². The van der Waals surface area contributed by atoms with Gasteiger partial charge < -0.3 is 60.7 Å². The molecule has 0 spiro atoms. The van der Waals surface area contributed by atoms with Gasteiger partial charge in [0, 0.05) is 61.2 Å².